The molecule has 1 saturated heterocycles. The fraction of sp³-hybridized carbons (Fsp3) is 0.533. The molecule has 0 N–H and O–H groups in total. The van der Waals surface area contributed by atoms with Gasteiger partial charge in [0.05, 0.1) is 4.90 Å². The van der Waals surface area contributed by atoms with Gasteiger partial charge in [0.1, 0.15) is 5.75 Å². The van der Waals surface area contributed by atoms with E-state index in [1.54, 1.807) is 4.90 Å². The number of halogens is 1. The number of likely N-dealkylation sites (tertiary alicyclic amines) is 1. The van der Waals surface area contributed by atoms with Gasteiger partial charge < -0.3 is 4.90 Å². The van der Waals surface area contributed by atoms with Gasteiger partial charge in [0.25, 0.3) is 0 Å². The van der Waals surface area contributed by atoms with E-state index in [4.69, 9.17) is 11.6 Å². The maximum absolute atomic E-state index is 12.3. The van der Waals surface area contributed by atoms with Gasteiger partial charge in [0, 0.05) is 18.1 Å². The van der Waals surface area contributed by atoms with E-state index in [0.29, 0.717) is 29.9 Å². The van der Waals surface area contributed by atoms with E-state index in [2.05, 4.69) is 13.8 Å². The highest BCUT2D eigenvalue weighted by molar-refractivity contribution is 7.92. The van der Waals surface area contributed by atoms with E-state index in [1.807, 2.05) is 0 Å². The molecule has 0 saturated carbocycles. The highest BCUT2D eigenvalue weighted by Gasteiger charge is 2.28. The van der Waals surface area contributed by atoms with E-state index in [-0.39, 0.29) is 10.8 Å². The zero-order valence-corrected chi connectivity index (χ0v) is 13.8. The van der Waals surface area contributed by atoms with E-state index >= 15 is 0 Å². The highest BCUT2D eigenvalue weighted by Crippen LogP contribution is 2.22. The second-order valence-electron chi connectivity index (χ2n) is 5.96. The Morgan fingerprint density at radius 2 is 1.71 bits per heavy atom. The molecule has 0 aliphatic carbocycles. The summed E-state index contributed by atoms with van der Waals surface area (Å²) in [5.41, 5.74) is 0. The number of carbonyl (C=O) groups is 1. The highest BCUT2D eigenvalue weighted by atomic mass is 35.5. The van der Waals surface area contributed by atoms with Crippen LogP contribution >= 0.6 is 11.6 Å². The average Bonchev–Trinajstić information content (AvgIpc) is 2.37. The van der Waals surface area contributed by atoms with Crippen molar-refractivity contribution < 1.29 is 13.2 Å². The summed E-state index contributed by atoms with van der Waals surface area (Å²) in [5.74, 6) is 0.0314. The first kappa shape index (κ1) is 16.3. The van der Waals surface area contributed by atoms with Crippen molar-refractivity contribution in [1.29, 1.82) is 0 Å². The Labute approximate surface area is 131 Å². The van der Waals surface area contributed by atoms with Crippen LogP contribution in [-0.4, -0.2) is 38.1 Å². The van der Waals surface area contributed by atoms with Crippen LogP contribution in [0.5, 0.6) is 0 Å². The average molecular weight is 330 g/mol. The second-order valence-corrected chi connectivity index (χ2v) is 8.38. The predicted octanol–water partition coefficient (Wildman–Crippen LogP) is 2.62. The molecule has 0 aromatic heterocycles. The Hall–Kier alpha value is -1.07. The van der Waals surface area contributed by atoms with Gasteiger partial charge >= 0.3 is 0 Å². The van der Waals surface area contributed by atoms with Crippen LogP contribution in [0.2, 0.25) is 5.02 Å². The lowest BCUT2D eigenvalue weighted by Crippen LogP contribution is -2.44. The van der Waals surface area contributed by atoms with Crippen LogP contribution < -0.4 is 0 Å². The summed E-state index contributed by atoms with van der Waals surface area (Å²) in [7, 11) is -3.61. The number of nitrogens with zero attached hydrogens (tertiary/aromatic N) is 1. The predicted molar refractivity (Wildman–Crippen MR) is 83.0 cm³/mol. The van der Waals surface area contributed by atoms with E-state index in [0.717, 1.165) is 6.42 Å². The van der Waals surface area contributed by atoms with Crippen LogP contribution in [0.4, 0.5) is 0 Å². The van der Waals surface area contributed by atoms with Crippen LogP contribution in [0.3, 0.4) is 0 Å². The first-order valence-electron chi connectivity index (χ1n) is 7.04. The number of sulfone groups is 1. The van der Waals surface area contributed by atoms with Crippen molar-refractivity contribution >= 4 is 27.3 Å². The molecule has 2 atom stereocenters. The molecule has 1 amide bonds. The van der Waals surface area contributed by atoms with Crippen molar-refractivity contribution in [3.8, 4) is 0 Å². The molecule has 1 aliphatic rings. The first-order valence-corrected chi connectivity index (χ1v) is 9.07. The van der Waals surface area contributed by atoms with Crippen molar-refractivity contribution in [3.63, 3.8) is 0 Å². The smallest absolute Gasteiger partial charge is 0.238 e. The lowest BCUT2D eigenvalue weighted by Gasteiger charge is -2.35. The molecule has 1 aliphatic heterocycles. The molecule has 1 heterocycles. The Kier molecular flexibility index (Phi) is 4.94. The first-order chi connectivity index (χ1) is 9.78. The molecule has 1 fully saturated rings. The Balaban J connectivity index is 2.09. The summed E-state index contributed by atoms with van der Waals surface area (Å²) >= 11 is 5.75. The van der Waals surface area contributed by atoms with Gasteiger partial charge in [0.15, 0.2) is 9.84 Å². The minimum atomic E-state index is -3.61. The number of hydrogen-bond donors (Lipinski definition) is 0. The van der Waals surface area contributed by atoms with Crippen LogP contribution in [0, 0.1) is 11.8 Å². The van der Waals surface area contributed by atoms with Crippen LogP contribution in [0.25, 0.3) is 0 Å². The largest absolute Gasteiger partial charge is 0.341 e. The maximum atomic E-state index is 12.3. The molecule has 0 bridgehead atoms. The number of benzene rings is 1. The topological polar surface area (TPSA) is 54.5 Å². The third kappa shape index (κ3) is 4.20. The summed E-state index contributed by atoms with van der Waals surface area (Å²) in [4.78, 5) is 14.1. The maximum Gasteiger partial charge on any atom is 0.238 e. The number of carbonyl (C=O) groups excluding carboxylic acids is 1. The van der Waals surface area contributed by atoms with E-state index in [9.17, 15) is 13.2 Å². The van der Waals surface area contributed by atoms with E-state index < -0.39 is 15.6 Å². The SMILES string of the molecule is CC1CC(C)CN(C(=O)CS(=O)(=O)c2ccc(Cl)cc2)C1. The Morgan fingerprint density at radius 3 is 2.24 bits per heavy atom. The van der Waals surface area contributed by atoms with Crippen molar-refractivity contribution in [2.75, 3.05) is 18.8 Å². The summed E-state index contributed by atoms with van der Waals surface area (Å²) in [5, 5.41) is 0.471. The van der Waals surface area contributed by atoms with Crippen LogP contribution in [0.15, 0.2) is 29.2 Å². The molecular formula is C15H20ClNO3S. The monoisotopic (exact) mass is 329 g/mol. The summed E-state index contributed by atoms with van der Waals surface area (Å²) in [6.45, 7) is 5.45. The standard InChI is InChI=1S/C15H20ClNO3S/c1-11-7-12(2)9-17(8-11)15(18)10-21(19,20)14-5-3-13(16)4-6-14/h3-6,11-12H,7-10H2,1-2H3. The number of amides is 1. The van der Waals surface area contributed by atoms with Crippen molar-refractivity contribution in [2.24, 2.45) is 11.8 Å². The van der Waals surface area contributed by atoms with Gasteiger partial charge in [-0.15, -0.1) is 0 Å². The third-order valence-electron chi connectivity index (χ3n) is 3.71. The van der Waals surface area contributed by atoms with Crippen molar-refractivity contribution in [1.82, 2.24) is 4.90 Å². The molecular weight excluding hydrogens is 310 g/mol. The molecule has 1 aromatic carbocycles. The fourth-order valence-corrected chi connectivity index (χ4v) is 4.20. The summed E-state index contributed by atoms with van der Waals surface area (Å²) in [6.07, 6.45) is 1.08. The number of piperidine rings is 1. The zero-order valence-electron chi connectivity index (χ0n) is 12.3. The molecule has 0 spiro atoms. The summed E-state index contributed by atoms with van der Waals surface area (Å²) in [6, 6.07) is 5.91. The van der Waals surface area contributed by atoms with Crippen molar-refractivity contribution in [2.45, 2.75) is 25.2 Å². The molecule has 2 rings (SSSR count). The number of rotatable bonds is 3. The number of hydrogen-bond acceptors (Lipinski definition) is 3. The molecule has 6 heteroatoms. The minimum absolute atomic E-state index is 0.137. The Bertz CT molecular complexity index is 602. The molecule has 2 unspecified atom stereocenters. The normalized spacial score (nSPS) is 23.1. The van der Waals surface area contributed by atoms with Gasteiger partial charge in [-0.05, 0) is 42.5 Å². The minimum Gasteiger partial charge on any atom is -0.341 e. The van der Waals surface area contributed by atoms with Gasteiger partial charge in [0.2, 0.25) is 5.91 Å². The zero-order chi connectivity index (χ0) is 15.6. The quantitative estimate of drug-likeness (QED) is 0.856. The van der Waals surface area contributed by atoms with Gasteiger partial charge in [-0.2, -0.15) is 0 Å². The van der Waals surface area contributed by atoms with E-state index in [1.165, 1.54) is 24.3 Å². The molecule has 21 heavy (non-hydrogen) atoms. The van der Waals surface area contributed by atoms with Gasteiger partial charge in [-0.3, -0.25) is 4.79 Å². The lowest BCUT2D eigenvalue weighted by atomic mass is 9.92. The summed E-state index contributed by atoms with van der Waals surface area (Å²) < 4.78 is 24.5. The van der Waals surface area contributed by atoms with Crippen LogP contribution in [0.1, 0.15) is 20.3 Å². The van der Waals surface area contributed by atoms with Gasteiger partial charge in [-0.25, -0.2) is 8.42 Å². The third-order valence-corrected chi connectivity index (χ3v) is 5.58. The van der Waals surface area contributed by atoms with Gasteiger partial charge in [-0.1, -0.05) is 25.4 Å². The Morgan fingerprint density at radius 1 is 1.19 bits per heavy atom. The molecule has 1 aromatic rings. The lowest BCUT2D eigenvalue weighted by molar-refractivity contribution is -0.131. The fourth-order valence-electron chi connectivity index (χ4n) is 2.85. The van der Waals surface area contributed by atoms with Crippen molar-refractivity contribution in [3.05, 3.63) is 29.3 Å². The molecule has 116 valence electrons. The second kappa shape index (κ2) is 6.36. The molecule has 0 radical (unpaired) electrons. The van der Waals surface area contributed by atoms with Crippen LogP contribution in [-0.2, 0) is 14.6 Å². The molecule has 4 nitrogen and oxygen atoms in total.